The molecule has 0 bridgehead atoms. The molecule has 0 aliphatic carbocycles. The van der Waals surface area contributed by atoms with Gasteiger partial charge in [-0.25, -0.2) is 8.42 Å². The van der Waals surface area contributed by atoms with Crippen LogP contribution in [0.4, 0.5) is 0 Å². The minimum absolute atomic E-state index is 0.00482. The number of hydrogen-bond donors (Lipinski definition) is 1. The summed E-state index contributed by atoms with van der Waals surface area (Å²) in [6.07, 6.45) is 0.807. The van der Waals surface area contributed by atoms with Gasteiger partial charge >= 0.3 is 0 Å². The van der Waals surface area contributed by atoms with E-state index in [9.17, 15) is 8.42 Å². The fourth-order valence-corrected chi connectivity index (χ4v) is 3.63. The molecule has 0 saturated carbocycles. The lowest BCUT2D eigenvalue weighted by molar-refractivity contribution is 0.483. The third-order valence-electron chi connectivity index (χ3n) is 3.03. The Labute approximate surface area is 104 Å². The van der Waals surface area contributed by atoms with Gasteiger partial charge in [0.2, 0.25) is 0 Å². The molecule has 0 heterocycles. The largest absolute Gasteiger partial charge is 0.313 e. The second kappa shape index (κ2) is 6.17. The highest BCUT2D eigenvalue weighted by Crippen LogP contribution is 2.19. The van der Waals surface area contributed by atoms with Crippen LogP contribution in [0.5, 0.6) is 0 Å². The highest BCUT2D eigenvalue weighted by Gasteiger charge is 2.29. The van der Waals surface area contributed by atoms with Gasteiger partial charge in [0.1, 0.15) is 0 Å². The summed E-state index contributed by atoms with van der Waals surface area (Å²) in [5.74, 6) is 0. The summed E-state index contributed by atoms with van der Waals surface area (Å²) in [5, 5.41) is 2.82. The predicted octanol–water partition coefficient (Wildman–Crippen LogP) is 2.24. The van der Waals surface area contributed by atoms with Crippen LogP contribution in [-0.2, 0) is 9.84 Å². The van der Waals surface area contributed by atoms with Crippen molar-refractivity contribution in [2.45, 2.75) is 43.4 Å². The molecule has 0 aliphatic rings. The Morgan fingerprint density at radius 1 is 1.18 bits per heavy atom. The second-order valence-electron chi connectivity index (χ2n) is 4.14. The summed E-state index contributed by atoms with van der Waals surface area (Å²) < 4.78 is 24.7. The van der Waals surface area contributed by atoms with Crippen LogP contribution in [-0.4, -0.2) is 26.3 Å². The van der Waals surface area contributed by atoms with Crippen molar-refractivity contribution >= 4 is 9.84 Å². The van der Waals surface area contributed by atoms with Gasteiger partial charge in [-0.05, 0) is 32.0 Å². The van der Waals surface area contributed by atoms with E-state index < -0.39 is 15.1 Å². The van der Waals surface area contributed by atoms with E-state index in [0.29, 0.717) is 4.90 Å². The van der Waals surface area contributed by atoms with Gasteiger partial charge in [0.15, 0.2) is 9.84 Å². The minimum Gasteiger partial charge on any atom is -0.313 e. The Kier molecular flexibility index (Phi) is 5.15. The molecule has 1 aromatic rings. The lowest BCUT2D eigenvalue weighted by Crippen LogP contribution is -2.42. The Morgan fingerprint density at radius 2 is 1.76 bits per heavy atom. The summed E-state index contributed by atoms with van der Waals surface area (Å²) in [7, 11) is -3.24. The third-order valence-corrected chi connectivity index (χ3v) is 5.27. The normalized spacial score (nSPS) is 15.5. The summed E-state index contributed by atoms with van der Waals surface area (Å²) in [5.41, 5.74) is 0. The second-order valence-corrected chi connectivity index (χ2v) is 6.44. The molecule has 0 aromatic heterocycles. The molecule has 1 aromatic carbocycles. The van der Waals surface area contributed by atoms with Crippen LogP contribution in [0.15, 0.2) is 35.2 Å². The summed E-state index contributed by atoms with van der Waals surface area (Å²) >= 11 is 0. The highest BCUT2D eigenvalue weighted by molar-refractivity contribution is 7.92. The van der Waals surface area contributed by atoms with Crippen molar-refractivity contribution in [3.8, 4) is 0 Å². The third kappa shape index (κ3) is 3.30. The summed E-state index contributed by atoms with van der Waals surface area (Å²) in [6.45, 7) is 6.56. The lowest BCUT2D eigenvalue weighted by atomic mass is 10.2. The molecule has 0 fully saturated rings. The molecule has 0 amide bonds. The van der Waals surface area contributed by atoms with E-state index in [4.69, 9.17) is 0 Å². The number of hydrogen-bond acceptors (Lipinski definition) is 3. The van der Waals surface area contributed by atoms with E-state index >= 15 is 0 Å². The quantitative estimate of drug-likeness (QED) is 0.848. The van der Waals surface area contributed by atoms with Crippen molar-refractivity contribution in [3.63, 3.8) is 0 Å². The van der Waals surface area contributed by atoms with Crippen LogP contribution in [0.3, 0.4) is 0 Å². The standard InChI is InChI=1S/C13H21NO2S/c1-4-13(14-5-2)11(3)17(15,16)12-9-7-6-8-10-12/h6-11,13-14H,4-5H2,1-3H3. The first kappa shape index (κ1) is 14.2. The lowest BCUT2D eigenvalue weighted by Gasteiger charge is -2.23. The fraction of sp³-hybridized carbons (Fsp3) is 0.538. The zero-order valence-corrected chi connectivity index (χ0v) is 11.5. The molecule has 3 nitrogen and oxygen atoms in total. The van der Waals surface area contributed by atoms with Crippen molar-refractivity contribution in [3.05, 3.63) is 30.3 Å². The van der Waals surface area contributed by atoms with E-state index in [1.165, 1.54) is 0 Å². The molecule has 0 spiro atoms. The van der Waals surface area contributed by atoms with Crippen LogP contribution >= 0.6 is 0 Å². The molecule has 4 heteroatoms. The fourth-order valence-electron chi connectivity index (χ4n) is 1.95. The van der Waals surface area contributed by atoms with Gasteiger partial charge in [-0.2, -0.15) is 0 Å². The van der Waals surface area contributed by atoms with Crippen molar-refractivity contribution < 1.29 is 8.42 Å². The molecule has 2 unspecified atom stereocenters. The van der Waals surface area contributed by atoms with Crippen LogP contribution in [0, 0.1) is 0 Å². The molecule has 0 aliphatic heterocycles. The van der Waals surface area contributed by atoms with Crippen molar-refractivity contribution in [2.24, 2.45) is 0 Å². The van der Waals surface area contributed by atoms with E-state index in [1.54, 1.807) is 31.2 Å². The molecule has 1 N–H and O–H groups in total. The van der Waals surface area contributed by atoms with Gasteiger partial charge in [0, 0.05) is 6.04 Å². The van der Waals surface area contributed by atoms with E-state index in [1.807, 2.05) is 19.9 Å². The molecule has 0 radical (unpaired) electrons. The van der Waals surface area contributed by atoms with Gasteiger partial charge in [-0.15, -0.1) is 0 Å². The molecule has 2 atom stereocenters. The number of nitrogens with one attached hydrogen (secondary N) is 1. The topological polar surface area (TPSA) is 46.2 Å². The number of rotatable bonds is 6. The van der Waals surface area contributed by atoms with Crippen LogP contribution < -0.4 is 5.32 Å². The maximum atomic E-state index is 12.4. The van der Waals surface area contributed by atoms with Gasteiger partial charge < -0.3 is 5.32 Å². The van der Waals surface area contributed by atoms with Crippen LogP contribution in [0.2, 0.25) is 0 Å². The zero-order chi connectivity index (χ0) is 12.9. The van der Waals surface area contributed by atoms with Crippen LogP contribution in [0.1, 0.15) is 27.2 Å². The first-order valence-corrected chi connectivity index (χ1v) is 7.61. The average Bonchev–Trinajstić information content (AvgIpc) is 2.36. The van der Waals surface area contributed by atoms with Gasteiger partial charge in [0.25, 0.3) is 0 Å². The Hall–Kier alpha value is -0.870. The SMILES string of the molecule is CCNC(CC)C(C)S(=O)(=O)c1ccccc1. The summed E-state index contributed by atoms with van der Waals surface area (Å²) in [4.78, 5) is 0.406. The van der Waals surface area contributed by atoms with Crippen molar-refractivity contribution in [1.29, 1.82) is 0 Å². The van der Waals surface area contributed by atoms with Gasteiger partial charge in [-0.3, -0.25) is 0 Å². The smallest absolute Gasteiger partial charge is 0.182 e. The molecule has 1 rings (SSSR count). The molecular formula is C13H21NO2S. The number of benzene rings is 1. The molecular weight excluding hydrogens is 234 g/mol. The van der Waals surface area contributed by atoms with E-state index in [0.717, 1.165) is 13.0 Å². The van der Waals surface area contributed by atoms with Gasteiger partial charge in [-0.1, -0.05) is 32.0 Å². The first-order valence-electron chi connectivity index (χ1n) is 6.06. The van der Waals surface area contributed by atoms with Crippen molar-refractivity contribution in [2.75, 3.05) is 6.54 Å². The molecule has 0 saturated heterocycles. The number of sulfone groups is 1. The minimum atomic E-state index is -3.24. The van der Waals surface area contributed by atoms with E-state index in [2.05, 4.69) is 5.32 Å². The summed E-state index contributed by atoms with van der Waals surface area (Å²) in [6, 6.07) is 8.66. The Balaban J connectivity index is 2.98. The highest BCUT2D eigenvalue weighted by atomic mass is 32.2. The molecule has 17 heavy (non-hydrogen) atoms. The predicted molar refractivity (Wildman–Crippen MR) is 70.8 cm³/mol. The van der Waals surface area contributed by atoms with Crippen molar-refractivity contribution in [1.82, 2.24) is 5.32 Å². The van der Waals surface area contributed by atoms with Crippen LogP contribution in [0.25, 0.3) is 0 Å². The zero-order valence-electron chi connectivity index (χ0n) is 10.7. The maximum Gasteiger partial charge on any atom is 0.182 e. The Morgan fingerprint density at radius 3 is 2.24 bits per heavy atom. The Bertz CT molecular complexity index is 428. The maximum absolute atomic E-state index is 12.4. The first-order chi connectivity index (χ1) is 8.04. The van der Waals surface area contributed by atoms with E-state index in [-0.39, 0.29) is 6.04 Å². The molecule has 96 valence electrons. The monoisotopic (exact) mass is 255 g/mol. The average molecular weight is 255 g/mol. The van der Waals surface area contributed by atoms with Gasteiger partial charge in [0.05, 0.1) is 10.1 Å².